The Morgan fingerprint density at radius 3 is 1.84 bits per heavy atom. The van der Waals surface area contributed by atoms with Crippen LogP contribution in [0.15, 0.2) is 10.5 Å². The van der Waals surface area contributed by atoms with Crippen molar-refractivity contribution in [2.75, 3.05) is 0 Å². The third-order valence-electron chi connectivity index (χ3n) is 6.77. The Balaban J connectivity index is 2.44. The molecule has 3 N–H and O–H groups in total. The van der Waals surface area contributed by atoms with Crippen LogP contribution in [0.3, 0.4) is 0 Å². The van der Waals surface area contributed by atoms with E-state index in [0.29, 0.717) is 33.5 Å². The van der Waals surface area contributed by atoms with Crippen LogP contribution in [0.4, 0.5) is 0 Å². The highest BCUT2D eigenvalue weighted by molar-refractivity contribution is 9.10. The Hall–Kier alpha value is -1.00. The third kappa shape index (κ3) is 9.87. The van der Waals surface area contributed by atoms with E-state index < -0.39 is 5.60 Å². The lowest BCUT2D eigenvalue weighted by molar-refractivity contribution is 0.0979. The van der Waals surface area contributed by atoms with Crippen molar-refractivity contribution in [3.63, 3.8) is 0 Å². The Kier molecular flexibility index (Phi) is 12.4. The molecule has 0 fully saturated rings. The molecule has 32 heavy (non-hydrogen) atoms. The molecule has 0 aliphatic carbocycles. The number of aliphatic hydroxyl groups is 1. The SMILES string of the molecule is Cc1c(O)c(C)c(C=CC(C)(O)CCCC(C)CCCC(C)CCCC(C)C)c(O)c1Br. The number of aromatic hydroxyl groups is 2. The minimum Gasteiger partial charge on any atom is -0.507 e. The zero-order chi connectivity index (χ0) is 24.5. The first-order valence-electron chi connectivity index (χ1n) is 12.5. The van der Waals surface area contributed by atoms with Gasteiger partial charge in [0.1, 0.15) is 11.5 Å². The molecule has 184 valence electrons. The molecule has 1 aromatic rings. The zero-order valence-electron chi connectivity index (χ0n) is 21.5. The van der Waals surface area contributed by atoms with Gasteiger partial charge in [-0.1, -0.05) is 91.2 Å². The van der Waals surface area contributed by atoms with Gasteiger partial charge in [-0.2, -0.15) is 0 Å². The van der Waals surface area contributed by atoms with Gasteiger partial charge in [-0.3, -0.25) is 0 Å². The van der Waals surface area contributed by atoms with Crippen LogP contribution in [0.2, 0.25) is 0 Å². The van der Waals surface area contributed by atoms with E-state index in [2.05, 4.69) is 43.6 Å². The summed E-state index contributed by atoms with van der Waals surface area (Å²) in [5.41, 5.74) is 0.817. The molecule has 3 atom stereocenters. The molecule has 1 rings (SSSR count). The fourth-order valence-corrected chi connectivity index (χ4v) is 4.72. The summed E-state index contributed by atoms with van der Waals surface area (Å²) in [6, 6.07) is 0. The number of halogens is 1. The summed E-state index contributed by atoms with van der Waals surface area (Å²) in [6.45, 7) is 14.7. The molecule has 0 amide bonds. The number of phenolic OH excluding ortho intramolecular Hbond substituents is 2. The lowest BCUT2D eigenvalue weighted by Gasteiger charge is -2.21. The van der Waals surface area contributed by atoms with E-state index in [4.69, 9.17) is 0 Å². The van der Waals surface area contributed by atoms with Crippen LogP contribution < -0.4 is 0 Å². The molecule has 1 aromatic carbocycles. The maximum absolute atomic E-state index is 10.8. The lowest BCUT2D eigenvalue weighted by Crippen LogP contribution is -2.20. The summed E-state index contributed by atoms with van der Waals surface area (Å²) < 4.78 is 0.489. The van der Waals surface area contributed by atoms with Crippen LogP contribution in [0.25, 0.3) is 6.08 Å². The summed E-state index contributed by atoms with van der Waals surface area (Å²) in [5, 5.41) is 31.5. The molecule has 4 heteroatoms. The molecule has 0 spiro atoms. The Morgan fingerprint density at radius 1 is 0.812 bits per heavy atom. The summed E-state index contributed by atoms with van der Waals surface area (Å²) in [4.78, 5) is 0. The van der Waals surface area contributed by atoms with Crippen LogP contribution in [0, 0.1) is 31.6 Å². The molecular weight excluding hydrogens is 464 g/mol. The summed E-state index contributed by atoms with van der Waals surface area (Å²) in [6.07, 6.45) is 14.2. The fraction of sp³-hybridized carbons (Fsp3) is 0.714. The predicted octanol–water partition coefficient (Wildman–Crippen LogP) is 8.68. The largest absolute Gasteiger partial charge is 0.507 e. The van der Waals surface area contributed by atoms with Crippen molar-refractivity contribution < 1.29 is 15.3 Å². The van der Waals surface area contributed by atoms with Gasteiger partial charge in [-0.15, -0.1) is 0 Å². The standard InChI is InChI=1S/C28H47BrO3/c1-19(2)11-8-12-20(3)13-9-14-21(4)15-10-17-28(7,32)18-16-24-22(5)26(30)23(6)25(29)27(24)31/h16,18-21,30-32H,8-15,17H2,1-7H3. The molecule has 0 saturated heterocycles. The van der Waals surface area contributed by atoms with Gasteiger partial charge in [-0.05, 0) is 60.9 Å². The van der Waals surface area contributed by atoms with Gasteiger partial charge < -0.3 is 15.3 Å². The second-order valence-corrected chi connectivity index (χ2v) is 11.5. The second-order valence-electron chi connectivity index (χ2n) is 10.7. The van der Waals surface area contributed by atoms with E-state index in [1.807, 2.05) is 6.92 Å². The number of hydrogen-bond donors (Lipinski definition) is 3. The number of benzene rings is 1. The quantitative estimate of drug-likeness (QED) is 0.219. The molecule has 3 unspecified atom stereocenters. The van der Waals surface area contributed by atoms with Crippen molar-refractivity contribution in [2.24, 2.45) is 17.8 Å². The highest BCUT2D eigenvalue weighted by Crippen LogP contribution is 2.41. The van der Waals surface area contributed by atoms with Crippen molar-refractivity contribution in [2.45, 2.75) is 112 Å². The van der Waals surface area contributed by atoms with Crippen LogP contribution in [0.5, 0.6) is 11.5 Å². The molecule has 0 bridgehead atoms. The molecule has 0 saturated carbocycles. The first kappa shape index (κ1) is 29.0. The molecule has 0 aliphatic heterocycles. The van der Waals surface area contributed by atoms with Gasteiger partial charge in [-0.25, -0.2) is 0 Å². The normalized spacial score (nSPS) is 15.9. The van der Waals surface area contributed by atoms with Gasteiger partial charge >= 0.3 is 0 Å². The Labute approximate surface area is 205 Å². The van der Waals surface area contributed by atoms with E-state index in [1.54, 1.807) is 26.0 Å². The Bertz CT molecular complexity index is 708. The maximum atomic E-state index is 10.8. The van der Waals surface area contributed by atoms with E-state index in [0.717, 1.165) is 24.7 Å². The van der Waals surface area contributed by atoms with Crippen molar-refractivity contribution in [3.8, 4) is 11.5 Å². The van der Waals surface area contributed by atoms with Gasteiger partial charge in [0.25, 0.3) is 0 Å². The summed E-state index contributed by atoms with van der Waals surface area (Å²) in [7, 11) is 0. The van der Waals surface area contributed by atoms with Crippen LogP contribution in [0.1, 0.15) is 109 Å². The Morgan fingerprint density at radius 2 is 1.31 bits per heavy atom. The first-order valence-corrected chi connectivity index (χ1v) is 13.3. The van der Waals surface area contributed by atoms with Crippen LogP contribution >= 0.6 is 15.9 Å². The van der Waals surface area contributed by atoms with E-state index in [1.165, 1.54) is 38.5 Å². The van der Waals surface area contributed by atoms with Crippen molar-refractivity contribution in [1.82, 2.24) is 0 Å². The number of hydrogen-bond acceptors (Lipinski definition) is 3. The van der Waals surface area contributed by atoms with Crippen molar-refractivity contribution >= 4 is 22.0 Å². The minimum absolute atomic E-state index is 0.0944. The van der Waals surface area contributed by atoms with Gasteiger partial charge in [0.2, 0.25) is 0 Å². The van der Waals surface area contributed by atoms with Gasteiger partial charge in [0.15, 0.2) is 0 Å². The molecular formula is C28H47BrO3. The van der Waals surface area contributed by atoms with Gasteiger partial charge in [0.05, 0.1) is 10.1 Å². The average molecular weight is 512 g/mol. The molecule has 0 aromatic heterocycles. The fourth-order valence-electron chi connectivity index (χ4n) is 4.32. The van der Waals surface area contributed by atoms with E-state index in [-0.39, 0.29) is 11.5 Å². The predicted molar refractivity (Wildman–Crippen MR) is 141 cm³/mol. The van der Waals surface area contributed by atoms with Crippen LogP contribution in [-0.4, -0.2) is 20.9 Å². The highest BCUT2D eigenvalue weighted by atomic mass is 79.9. The topological polar surface area (TPSA) is 60.7 Å². The smallest absolute Gasteiger partial charge is 0.137 e. The monoisotopic (exact) mass is 510 g/mol. The minimum atomic E-state index is -0.948. The average Bonchev–Trinajstić information content (AvgIpc) is 2.70. The van der Waals surface area contributed by atoms with Gasteiger partial charge in [0, 0.05) is 16.7 Å². The van der Waals surface area contributed by atoms with E-state index in [9.17, 15) is 15.3 Å². The maximum Gasteiger partial charge on any atom is 0.137 e. The van der Waals surface area contributed by atoms with Crippen LogP contribution in [-0.2, 0) is 0 Å². The molecule has 0 aliphatic rings. The number of rotatable bonds is 14. The second kappa shape index (κ2) is 13.6. The molecule has 0 radical (unpaired) electrons. The summed E-state index contributed by atoms with van der Waals surface area (Å²) in [5.74, 6) is 2.57. The zero-order valence-corrected chi connectivity index (χ0v) is 23.1. The van der Waals surface area contributed by atoms with Crippen molar-refractivity contribution in [1.29, 1.82) is 0 Å². The third-order valence-corrected chi connectivity index (χ3v) is 7.74. The molecule has 3 nitrogen and oxygen atoms in total. The van der Waals surface area contributed by atoms with E-state index >= 15 is 0 Å². The highest BCUT2D eigenvalue weighted by Gasteiger charge is 2.19. The number of phenols is 2. The van der Waals surface area contributed by atoms with Crippen molar-refractivity contribution in [3.05, 3.63) is 27.2 Å². The lowest BCUT2D eigenvalue weighted by atomic mass is 9.90. The summed E-state index contributed by atoms with van der Waals surface area (Å²) >= 11 is 3.33. The first-order chi connectivity index (χ1) is 14.9. The molecule has 0 heterocycles.